The quantitative estimate of drug-likeness (QED) is 0.225. The lowest BCUT2D eigenvalue weighted by Gasteiger charge is -2.51. The molecule has 4 heteroatoms. The highest BCUT2D eigenvalue weighted by atomic mass is 32.2. The number of ether oxygens (including phenoxy) is 1. The van der Waals surface area contributed by atoms with Gasteiger partial charge in [0.2, 0.25) is 0 Å². The molecular weight excluding hydrogens is 444 g/mol. The van der Waals surface area contributed by atoms with E-state index in [1.165, 1.54) is 34.2 Å². The highest BCUT2D eigenvalue weighted by molar-refractivity contribution is 7.99. The van der Waals surface area contributed by atoms with Crippen molar-refractivity contribution >= 4 is 35.2 Å². The summed E-state index contributed by atoms with van der Waals surface area (Å²) < 4.78 is 5.30. The second kappa shape index (κ2) is 7.96. The third-order valence-corrected chi connectivity index (χ3v) is 8.93. The summed E-state index contributed by atoms with van der Waals surface area (Å²) in [6.45, 7) is 9.65. The summed E-state index contributed by atoms with van der Waals surface area (Å²) in [5.74, 6) is 1.61. The zero-order valence-corrected chi connectivity index (χ0v) is 22.0. The summed E-state index contributed by atoms with van der Waals surface area (Å²) in [5.41, 5.74) is 6.91. The number of hydrogen-bond donors (Lipinski definition) is 2. The maximum atomic E-state index is 11.3. The maximum Gasteiger partial charge on any atom is 0.123 e. The predicted molar refractivity (Wildman–Crippen MR) is 144 cm³/mol. The lowest BCUT2D eigenvalue weighted by Crippen LogP contribution is -2.43. The van der Waals surface area contributed by atoms with Crippen LogP contribution in [0.3, 0.4) is 0 Å². The van der Waals surface area contributed by atoms with Gasteiger partial charge in [-0.3, -0.25) is 0 Å². The first-order chi connectivity index (χ1) is 15.6. The van der Waals surface area contributed by atoms with Gasteiger partial charge in [-0.05, 0) is 81.5 Å². The molecular formula is C29H34O2S2. The van der Waals surface area contributed by atoms with Gasteiger partial charge >= 0.3 is 0 Å². The summed E-state index contributed by atoms with van der Waals surface area (Å²) in [7, 11) is 1.71. The molecule has 1 saturated carbocycles. The van der Waals surface area contributed by atoms with Crippen molar-refractivity contribution in [1.82, 2.24) is 0 Å². The fraction of sp³-hybridized carbons (Fsp3) is 0.448. The molecule has 5 rings (SSSR count). The molecule has 1 spiro atoms. The Labute approximate surface area is 207 Å². The van der Waals surface area contributed by atoms with Crippen LogP contribution in [0.2, 0.25) is 0 Å². The Morgan fingerprint density at radius 1 is 0.939 bits per heavy atom. The number of fused-ring (bicyclic) bond motifs is 7. The first kappa shape index (κ1) is 23.1. The standard InChI is InChI=1S/C29H34O2S2/c1-27(2)14-28(3,4)16-29(15-27)22-9-7-6-8-19(22)26-21-10-18(13-32)25(33-17-31-5)11-20(21)24(30)12-23(26)29/h6-12,30,32H,13-17H2,1-5H3. The van der Waals surface area contributed by atoms with Gasteiger partial charge in [0.25, 0.3) is 0 Å². The summed E-state index contributed by atoms with van der Waals surface area (Å²) in [5, 5.41) is 13.4. The molecule has 0 aromatic heterocycles. The first-order valence-electron chi connectivity index (χ1n) is 11.8. The fourth-order valence-corrected chi connectivity index (χ4v) is 8.42. The third-order valence-electron chi connectivity index (χ3n) is 7.54. The number of phenols is 1. The van der Waals surface area contributed by atoms with Gasteiger partial charge in [0.1, 0.15) is 5.75 Å². The number of phenolic OH excluding ortho intramolecular Hbond substituents is 1. The zero-order valence-electron chi connectivity index (χ0n) is 20.3. The van der Waals surface area contributed by atoms with Crippen LogP contribution in [0.1, 0.15) is 63.6 Å². The van der Waals surface area contributed by atoms with E-state index in [-0.39, 0.29) is 16.2 Å². The minimum atomic E-state index is -0.0759. The molecule has 0 saturated heterocycles. The Balaban J connectivity index is 1.84. The molecule has 33 heavy (non-hydrogen) atoms. The van der Waals surface area contributed by atoms with E-state index in [9.17, 15) is 5.11 Å². The van der Waals surface area contributed by atoms with Crippen molar-refractivity contribution in [2.75, 3.05) is 13.0 Å². The van der Waals surface area contributed by atoms with E-state index in [1.54, 1.807) is 18.9 Å². The summed E-state index contributed by atoms with van der Waals surface area (Å²) >= 11 is 6.29. The number of thioether (sulfide) groups is 1. The topological polar surface area (TPSA) is 29.5 Å². The average molecular weight is 479 g/mol. The molecule has 174 valence electrons. The summed E-state index contributed by atoms with van der Waals surface area (Å²) in [6, 6.07) is 15.4. The fourth-order valence-electron chi connectivity index (χ4n) is 7.28. The molecule has 1 N–H and O–H groups in total. The molecule has 1 fully saturated rings. The van der Waals surface area contributed by atoms with E-state index >= 15 is 0 Å². The second-order valence-corrected chi connectivity index (χ2v) is 12.8. The van der Waals surface area contributed by atoms with Crippen molar-refractivity contribution < 1.29 is 9.84 Å². The largest absolute Gasteiger partial charge is 0.507 e. The minimum Gasteiger partial charge on any atom is -0.507 e. The van der Waals surface area contributed by atoms with E-state index < -0.39 is 0 Å². The Hall–Kier alpha value is -1.62. The van der Waals surface area contributed by atoms with Crippen LogP contribution in [0.25, 0.3) is 21.9 Å². The van der Waals surface area contributed by atoms with Crippen LogP contribution in [0.5, 0.6) is 5.75 Å². The van der Waals surface area contributed by atoms with E-state index in [0.717, 1.165) is 28.5 Å². The lowest BCUT2D eigenvalue weighted by molar-refractivity contribution is 0.0645. The maximum absolute atomic E-state index is 11.3. The molecule has 2 nitrogen and oxygen atoms in total. The van der Waals surface area contributed by atoms with Gasteiger partial charge < -0.3 is 9.84 Å². The minimum absolute atomic E-state index is 0.0759. The van der Waals surface area contributed by atoms with Gasteiger partial charge in [-0.1, -0.05) is 63.7 Å². The van der Waals surface area contributed by atoms with Crippen LogP contribution in [-0.2, 0) is 15.9 Å². The molecule has 2 aliphatic carbocycles. The molecule has 3 aromatic rings. The lowest BCUT2D eigenvalue weighted by atomic mass is 9.52. The predicted octanol–water partition coefficient (Wildman–Crippen LogP) is 8.17. The van der Waals surface area contributed by atoms with Crippen molar-refractivity contribution in [2.24, 2.45) is 10.8 Å². The molecule has 0 amide bonds. The molecule has 0 unspecified atom stereocenters. The van der Waals surface area contributed by atoms with E-state index in [4.69, 9.17) is 4.74 Å². The number of aromatic hydroxyl groups is 1. The molecule has 0 radical (unpaired) electrons. The molecule has 0 aliphatic heterocycles. The van der Waals surface area contributed by atoms with Gasteiger partial charge in [0.15, 0.2) is 0 Å². The van der Waals surface area contributed by atoms with Crippen LogP contribution in [-0.4, -0.2) is 18.2 Å². The van der Waals surface area contributed by atoms with E-state index in [1.807, 2.05) is 0 Å². The molecule has 0 heterocycles. The van der Waals surface area contributed by atoms with Crippen molar-refractivity contribution in [3.63, 3.8) is 0 Å². The summed E-state index contributed by atoms with van der Waals surface area (Å²) in [6.07, 6.45) is 3.40. The highest BCUT2D eigenvalue weighted by Crippen LogP contribution is 2.64. The normalized spacial score (nSPS) is 19.6. The molecule has 3 aromatic carbocycles. The van der Waals surface area contributed by atoms with Crippen LogP contribution in [0.4, 0.5) is 0 Å². The number of hydrogen-bond acceptors (Lipinski definition) is 4. The van der Waals surface area contributed by atoms with Crippen molar-refractivity contribution in [3.05, 3.63) is 59.2 Å². The average Bonchev–Trinajstić information content (AvgIpc) is 2.98. The van der Waals surface area contributed by atoms with Crippen LogP contribution in [0.15, 0.2) is 47.4 Å². The number of methoxy groups -OCH3 is 1. The Morgan fingerprint density at radius 3 is 2.30 bits per heavy atom. The molecule has 0 bridgehead atoms. The summed E-state index contributed by atoms with van der Waals surface area (Å²) in [4.78, 5) is 1.12. The smallest absolute Gasteiger partial charge is 0.123 e. The Morgan fingerprint density at radius 2 is 1.64 bits per heavy atom. The second-order valence-electron chi connectivity index (χ2n) is 11.5. The highest BCUT2D eigenvalue weighted by Gasteiger charge is 2.53. The van der Waals surface area contributed by atoms with E-state index in [2.05, 4.69) is 82.8 Å². The van der Waals surface area contributed by atoms with Gasteiger partial charge in [-0.15, -0.1) is 0 Å². The van der Waals surface area contributed by atoms with Gasteiger partial charge in [0, 0.05) is 28.6 Å². The van der Waals surface area contributed by atoms with Crippen molar-refractivity contribution in [1.29, 1.82) is 0 Å². The van der Waals surface area contributed by atoms with Crippen molar-refractivity contribution in [3.8, 4) is 16.9 Å². The SMILES string of the molecule is COCSc1cc2c(O)cc3c(c2cc1CS)-c1ccccc1C31CC(C)(C)CC(C)(C)C1. The first-order valence-corrected chi connectivity index (χ1v) is 13.4. The van der Waals surface area contributed by atoms with Crippen LogP contribution >= 0.6 is 24.4 Å². The molecule has 2 aliphatic rings. The molecule has 0 atom stereocenters. The number of benzene rings is 3. The number of thiol groups is 1. The Bertz CT molecular complexity index is 1230. The monoisotopic (exact) mass is 478 g/mol. The van der Waals surface area contributed by atoms with Crippen LogP contribution in [0, 0.1) is 10.8 Å². The van der Waals surface area contributed by atoms with E-state index in [0.29, 0.717) is 17.4 Å². The zero-order chi connectivity index (χ0) is 23.6. The van der Waals surface area contributed by atoms with Crippen molar-refractivity contribution in [2.45, 2.75) is 63.0 Å². The van der Waals surface area contributed by atoms with Gasteiger partial charge in [-0.2, -0.15) is 12.6 Å². The van der Waals surface area contributed by atoms with Gasteiger partial charge in [0.05, 0.1) is 5.94 Å². The Kier molecular flexibility index (Phi) is 5.58. The third kappa shape index (κ3) is 3.69. The van der Waals surface area contributed by atoms with Crippen LogP contribution < -0.4 is 0 Å². The van der Waals surface area contributed by atoms with Gasteiger partial charge in [-0.25, -0.2) is 0 Å². The number of rotatable bonds is 4.